The summed E-state index contributed by atoms with van der Waals surface area (Å²) in [6.07, 6.45) is -4.73. The molecule has 1 unspecified atom stereocenters. The topological polar surface area (TPSA) is 66.4 Å². The van der Waals surface area contributed by atoms with Gasteiger partial charge in [-0.05, 0) is 23.6 Å². The summed E-state index contributed by atoms with van der Waals surface area (Å²) >= 11 is 0. The standard InChI is InChI=1S/C14H16F3NO3/c1-9(8-18-12(19)6-7-13(20)21)10-2-4-11(5-3-10)14(15,16)17/h2-5,9H,6-8H2,1H3,(H,18,19)(H,20,21). The highest BCUT2D eigenvalue weighted by atomic mass is 19.4. The first-order valence-electron chi connectivity index (χ1n) is 6.36. The van der Waals surface area contributed by atoms with Crippen LogP contribution in [0.5, 0.6) is 0 Å². The maximum absolute atomic E-state index is 12.4. The number of amides is 1. The second-order valence-electron chi connectivity index (χ2n) is 4.72. The molecular weight excluding hydrogens is 287 g/mol. The van der Waals surface area contributed by atoms with E-state index in [9.17, 15) is 22.8 Å². The van der Waals surface area contributed by atoms with Gasteiger partial charge in [-0.25, -0.2) is 0 Å². The van der Waals surface area contributed by atoms with Crippen molar-refractivity contribution in [2.45, 2.75) is 31.9 Å². The fourth-order valence-electron chi connectivity index (χ4n) is 1.69. The van der Waals surface area contributed by atoms with Gasteiger partial charge in [0.15, 0.2) is 0 Å². The Morgan fingerprint density at radius 3 is 2.24 bits per heavy atom. The van der Waals surface area contributed by atoms with E-state index in [0.717, 1.165) is 12.1 Å². The summed E-state index contributed by atoms with van der Waals surface area (Å²) < 4.78 is 37.3. The minimum absolute atomic E-state index is 0.116. The van der Waals surface area contributed by atoms with Crippen LogP contribution in [0, 0.1) is 0 Å². The van der Waals surface area contributed by atoms with Crippen molar-refractivity contribution < 1.29 is 27.9 Å². The molecule has 7 heteroatoms. The van der Waals surface area contributed by atoms with Crippen LogP contribution in [-0.2, 0) is 15.8 Å². The Morgan fingerprint density at radius 2 is 1.76 bits per heavy atom. The average molecular weight is 303 g/mol. The zero-order valence-electron chi connectivity index (χ0n) is 11.4. The van der Waals surface area contributed by atoms with Gasteiger partial charge in [-0.1, -0.05) is 19.1 Å². The SMILES string of the molecule is CC(CNC(=O)CCC(=O)O)c1ccc(C(F)(F)F)cc1. The molecule has 0 heterocycles. The molecule has 0 bridgehead atoms. The number of aliphatic carboxylic acids is 1. The van der Waals surface area contributed by atoms with Crippen LogP contribution in [0.3, 0.4) is 0 Å². The first-order chi connectivity index (χ1) is 9.70. The minimum atomic E-state index is -4.37. The maximum atomic E-state index is 12.4. The molecule has 0 aliphatic heterocycles. The van der Waals surface area contributed by atoms with E-state index in [-0.39, 0.29) is 25.3 Å². The molecule has 1 rings (SSSR count). The zero-order valence-corrected chi connectivity index (χ0v) is 11.4. The number of carboxylic acids is 1. The summed E-state index contributed by atoms with van der Waals surface area (Å²) in [6, 6.07) is 4.74. The number of hydrogen-bond donors (Lipinski definition) is 2. The molecule has 1 aromatic carbocycles. The van der Waals surface area contributed by atoms with Crippen LogP contribution in [0.2, 0.25) is 0 Å². The van der Waals surface area contributed by atoms with E-state index >= 15 is 0 Å². The van der Waals surface area contributed by atoms with Gasteiger partial charge in [0.1, 0.15) is 0 Å². The second-order valence-corrected chi connectivity index (χ2v) is 4.72. The lowest BCUT2D eigenvalue weighted by Crippen LogP contribution is -2.27. The lowest BCUT2D eigenvalue weighted by Gasteiger charge is -2.14. The molecule has 0 fully saturated rings. The molecule has 0 spiro atoms. The molecule has 21 heavy (non-hydrogen) atoms. The number of nitrogens with one attached hydrogen (secondary N) is 1. The molecule has 2 N–H and O–H groups in total. The molecule has 4 nitrogen and oxygen atoms in total. The number of rotatable bonds is 6. The summed E-state index contributed by atoms with van der Waals surface area (Å²) in [4.78, 5) is 21.7. The molecule has 0 aromatic heterocycles. The molecule has 0 aliphatic carbocycles. The predicted octanol–water partition coefficient (Wildman–Crippen LogP) is 2.79. The van der Waals surface area contributed by atoms with Crippen molar-refractivity contribution >= 4 is 11.9 Å². The highest BCUT2D eigenvalue weighted by Gasteiger charge is 2.30. The largest absolute Gasteiger partial charge is 0.481 e. The van der Waals surface area contributed by atoms with Gasteiger partial charge in [0.2, 0.25) is 5.91 Å². The van der Waals surface area contributed by atoms with Gasteiger partial charge in [0.05, 0.1) is 12.0 Å². The lowest BCUT2D eigenvalue weighted by atomic mass is 9.99. The third-order valence-corrected chi connectivity index (χ3v) is 2.98. The number of carbonyl (C=O) groups is 2. The predicted molar refractivity (Wildman–Crippen MR) is 69.7 cm³/mol. The van der Waals surface area contributed by atoms with Gasteiger partial charge >= 0.3 is 12.1 Å². The van der Waals surface area contributed by atoms with Crippen LogP contribution in [0.1, 0.15) is 36.8 Å². The van der Waals surface area contributed by atoms with E-state index < -0.39 is 23.6 Å². The minimum Gasteiger partial charge on any atom is -0.481 e. The third-order valence-electron chi connectivity index (χ3n) is 2.98. The van der Waals surface area contributed by atoms with Crippen molar-refractivity contribution in [1.82, 2.24) is 5.32 Å². The Morgan fingerprint density at radius 1 is 1.19 bits per heavy atom. The lowest BCUT2D eigenvalue weighted by molar-refractivity contribution is -0.139. The van der Waals surface area contributed by atoms with Crippen molar-refractivity contribution in [2.75, 3.05) is 6.54 Å². The number of alkyl halides is 3. The van der Waals surface area contributed by atoms with E-state index in [4.69, 9.17) is 5.11 Å². The van der Waals surface area contributed by atoms with Crippen molar-refractivity contribution in [2.24, 2.45) is 0 Å². The van der Waals surface area contributed by atoms with E-state index in [2.05, 4.69) is 5.32 Å². The number of carbonyl (C=O) groups excluding carboxylic acids is 1. The molecule has 0 saturated heterocycles. The summed E-state index contributed by atoms with van der Waals surface area (Å²) in [5.41, 5.74) is -0.0505. The van der Waals surface area contributed by atoms with Crippen molar-refractivity contribution in [3.8, 4) is 0 Å². The molecule has 0 saturated carbocycles. The maximum Gasteiger partial charge on any atom is 0.416 e. The fraction of sp³-hybridized carbons (Fsp3) is 0.429. The van der Waals surface area contributed by atoms with Crippen molar-refractivity contribution in [3.63, 3.8) is 0 Å². The van der Waals surface area contributed by atoms with Crippen LogP contribution < -0.4 is 5.32 Å². The Bertz CT molecular complexity index is 497. The van der Waals surface area contributed by atoms with Gasteiger partial charge in [0, 0.05) is 13.0 Å². The van der Waals surface area contributed by atoms with Crippen LogP contribution >= 0.6 is 0 Å². The average Bonchev–Trinajstić information content (AvgIpc) is 2.41. The molecule has 116 valence electrons. The number of benzene rings is 1. The summed E-state index contributed by atoms with van der Waals surface area (Å²) in [5, 5.41) is 11.0. The molecule has 1 aromatic rings. The monoisotopic (exact) mass is 303 g/mol. The van der Waals surface area contributed by atoms with E-state index in [1.54, 1.807) is 6.92 Å². The van der Waals surface area contributed by atoms with Gasteiger partial charge in [-0.2, -0.15) is 13.2 Å². The van der Waals surface area contributed by atoms with Crippen molar-refractivity contribution in [3.05, 3.63) is 35.4 Å². The van der Waals surface area contributed by atoms with E-state index in [0.29, 0.717) is 5.56 Å². The fourth-order valence-corrected chi connectivity index (χ4v) is 1.69. The Balaban J connectivity index is 2.50. The zero-order chi connectivity index (χ0) is 16.0. The smallest absolute Gasteiger partial charge is 0.416 e. The molecule has 1 atom stereocenters. The Labute approximate surface area is 120 Å². The number of hydrogen-bond acceptors (Lipinski definition) is 2. The van der Waals surface area contributed by atoms with Gasteiger partial charge in [-0.3, -0.25) is 9.59 Å². The highest BCUT2D eigenvalue weighted by Crippen LogP contribution is 2.30. The van der Waals surface area contributed by atoms with Gasteiger partial charge in [0.25, 0.3) is 0 Å². The Hall–Kier alpha value is -2.05. The molecule has 0 aliphatic rings. The van der Waals surface area contributed by atoms with Gasteiger partial charge in [-0.15, -0.1) is 0 Å². The van der Waals surface area contributed by atoms with Crippen LogP contribution in [0.25, 0.3) is 0 Å². The molecular formula is C14H16F3NO3. The van der Waals surface area contributed by atoms with Crippen LogP contribution in [0.15, 0.2) is 24.3 Å². The van der Waals surface area contributed by atoms with Crippen LogP contribution in [0.4, 0.5) is 13.2 Å². The summed E-state index contributed by atoms with van der Waals surface area (Å²) in [5.74, 6) is -1.61. The van der Waals surface area contributed by atoms with E-state index in [1.807, 2.05) is 0 Å². The first kappa shape index (κ1) is 17.0. The number of halogens is 3. The molecule has 0 radical (unpaired) electrons. The second kappa shape index (κ2) is 7.10. The summed E-state index contributed by atoms with van der Waals surface area (Å²) in [6.45, 7) is 2.00. The first-order valence-corrected chi connectivity index (χ1v) is 6.36. The normalized spacial score (nSPS) is 12.8. The van der Waals surface area contributed by atoms with Gasteiger partial charge < -0.3 is 10.4 Å². The Kier molecular flexibility index (Phi) is 5.75. The van der Waals surface area contributed by atoms with Crippen molar-refractivity contribution in [1.29, 1.82) is 0 Å². The highest BCUT2D eigenvalue weighted by molar-refractivity contribution is 5.80. The number of carboxylic acid groups (broad SMARTS) is 1. The summed E-state index contributed by atoms with van der Waals surface area (Å²) in [7, 11) is 0. The quantitative estimate of drug-likeness (QED) is 0.849. The molecule has 1 amide bonds. The van der Waals surface area contributed by atoms with Crippen LogP contribution in [-0.4, -0.2) is 23.5 Å². The van der Waals surface area contributed by atoms with E-state index in [1.165, 1.54) is 12.1 Å². The third kappa shape index (κ3) is 5.85.